The van der Waals surface area contributed by atoms with Crippen LogP contribution >= 0.6 is 0 Å². The molecular formula is C39H37F3N2O5. The minimum Gasteiger partial charge on any atom is -0.481 e. The van der Waals surface area contributed by atoms with Crippen LogP contribution in [0.4, 0.5) is 13.2 Å². The van der Waals surface area contributed by atoms with Gasteiger partial charge in [0.1, 0.15) is 17.5 Å². The van der Waals surface area contributed by atoms with Crippen LogP contribution in [-0.2, 0) is 27.0 Å². The van der Waals surface area contributed by atoms with Crippen molar-refractivity contribution in [2.45, 2.75) is 63.2 Å². The normalized spacial score (nSPS) is 16.9. The number of carbonyl (C=O) groups excluding carboxylic acids is 2. The summed E-state index contributed by atoms with van der Waals surface area (Å²) in [7, 11) is 0. The molecule has 4 aromatic rings. The number of alkyl halides is 3. The fourth-order valence-corrected chi connectivity index (χ4v) is 6.85. The molecule has 254 valence electrons. The van der Waals surface area contributed by atoms with E-state index in [4.69, 9.17) is 4.74 Å². The van der Waals surface area contributed by atoms with E-state index in [1.165, 1.54) is 12.1 Å². The predicted octanol–water partition coefficient (Wildman–Crippen LogP) is 8.50. The number of carbonyl (C=O) groups is 3. The molecule has 7 nitrogen and oxygen atoms in total. The lowest BCUT2D eigenvalue weighted by molar-refractivity contribution is -0.143. The van der Waals surface area contributed by atoms with Crippen LogP contribution in [0.15, 0.2) is 97.1 Å². The summed E-state index contributed by atoms with van der Waals surface area (Å²) in [4.78, 5) is 41.7. The van der Waals surface area contributed by atoms with E-state index in [1.54, 1.807) is 35.2 Å². The van der Waals surface area contributed by atoms with Gasteiger partial charge in [0.05, 0.1) is 18.0 Å². The molecule has 6 rings (SSSR count). The second-order valence-corrected chi connectivity index (χ2v) is 12.7. The maximum absolute atomic E-state index is 14.3. The lowest BCUT2D eigenvalue weighted by Gasteiger charge is -2.38. The van der Waals surface area contributed by atoms with Crippen molar-refractivity contribution in [3.8, 4) is 22.6 Å². The Morgan fingerprint density at radius 3 is 2.16 bits per heavy atom. The molecule has 2 unspecified atom stereocenters. The van der Waals surface area contributed by atoms with Gasteiger partial charge in [-0.25, -0.2) is 0 Å². The van der Waals surface area contributed by atoms with Gasteiger partial charge in [0, 0.05) is 13.0 Å². The first-order valence-corrected chi connectivity index (χ1v) is 16.5. The van der Waals surface area contributed by atoms with Gasteiger partial charge >= 0.3 is 12.1 Å². The highest BCUT2D eigenvalue weighted by molar-refractivity contribution is 5.90. The van der Waals surface area contributed by atoms with Crippen LogP contribution in [0.2, 0.25) is 0 Å². The highest BCUT2D eigenvalue weighted by atomic mass is 19.4. The largest absolute Gasteiger partial charge is 0.481 e. The third kappa shape index (κ3) is 8.13. The Hall–Kier alpha value is -5.12. The first kappa shape index (κ1) is 33.8. The quantitative estimate of drug-likeness (QED) is 0.176. The van der Waals surface area contributed by atoms with Crippen LogP contribution < -0.4 is 10.1 Å². The number of nitrogens with zero attached hydrogens (tertiary/aromatic N) is 1. The van der Waals surface area contributed by atoms with E-state index < -0.39 is 35.7 Å². The number of aliphatic carboxylic acids is 1. The van der Waals surface area contributed by atoms with E-state index in [9.17, 15) is 32.7 Å². The summed E-state index contributed by atoms with van der Waals surface area (Å²) in [5, 5.41) is 12.7. The van der Waals surface area contributed by atoms with Crippen molar-refractivity contribution in [3.05, 3.63) is 119 Å². The van der Waals surface area contributed by atoms with E-state index in [1.807, 2.05) is 42.5 Å². The van der Waals surface area contributed by atoms with E-state index >= 15 is 0 Å². The SMILES string of the molecule is O=C(O)CC(NC(=O)C1c2cc(Oc3ccc(C(F)(F)F)cc3)ccc2CCN1C(=O)CC1CCCC1)c1ccc(-c2ccccc2)cc1. The van der Waals surface area contributed by atoms with Gasteiger partial charge in [-0.1, -0.05) is 73.5 Å². The lowest BCUT2D eigenvalue weighted by atomic mass is 9.90. The molecule has 1 fully saturated rings. The minimum atomic E-state index is -4.48. The number of carboxylic acids is 1. The van der Waals surface area contributed by atoms with Crippen molar-refractivity contribution >= 4 is 17.8 Å². The Labute approximate surface area is 282 Å². The molecule has 0 spiro atoms. The summed E-state index contributed by atoms with van der Waals surface area (Å²) in [5.74, 6) is -1.04. The second kappa shape index (κ2) is 14.6. The number of hydrogen-bond acceptors (Lipinski definition) is 4. The van der Waals surface area contributed by atoms with Crippen molar-refractivity contribution < 1.29 is 37.4 Å². The van der Waals surface area contributed by atoms with Gasteiger partial charge in [-0.3, -0.25) is 14.4 Å². The molecule has 0 aromatic heterocycles. The van der Waals surface area contributed by atoms with Gasteiger partial charge in [-0.05, 0) is 89.4 Å². The Balaban J connectivity index is 1.30. The van der Waals surface area contributed by atoms with Gasteiger partial charge < -0.3 is 20.1 Å². The smallest absolute Gasteiger partial charge is 0.416 e. The number of rotatable bonds is 10. The number of carboxylic acid groups (broad SMARTS) is 1. The Morgan fingerprint density at radius 1 is 0.857 bits per heavy atom. The molecule has 2 amide bonds. The zero-order chi connectivity index (χ0) is 34.5. The average molecular weight is 671 g/mol. The highest BCUT2D eigenvalue weighted by Gasteiger charge is 2.38. The van der Waals surface area contributed by atoms with E-state index in [0.717, 1.165) is 54.5 Å². The molecule has 49 heavy (non-hydrogen) atoms. The number of nitrogens with one attached hydrogen (secondary N) is 1. The maximum Gasteiger partial charge on any atom is 0.416 e. The van der Waals surface area contributed by atoms with Gasteiger partial charge in [-0.2, -0.15) is 13.2 Å². The topological polar surface area (TPSA) is 95.9 Å². The van der Waals surface area contributed by atoms with E-state index in [2.05, 4.69) is 5.32 Å². The molecule has 1 aliphatic carbocycles. The summed E-state index contributed by atoms with van der Waals surface area (Å²) >= 11 is 0. The number of fused-ring (bicyclic) bond motifs is 1. The molecule has 1 saturated carbocycles. The Bertz CT molecular complexity index is 1790. The molecule has 0 saturated heterocycles. The maximum atomic E-state index is 14.3. The molecule has 1 heterocycles. The van der Waals surface area contributed by atoms with Crippen LogP contribution in [0.25, 0.3) is 11.1 Å². The summed E-state index contributed by atoms with van der Waals surface area (Å²) < 4.78 is 45.2. The predicted molar refractivity (Wildman–Crippen MR) is 178 cm³/mol. The van der Waals surface area contributed by atoms with Gasteiger partial charge in [0.2, 0.25) is 11.8 Å². The highest BCUT2D eigenvalue weighted by Crippen LogP contribution is 2.38. The zero-order valence-corrected chi connectivity index (χ0v) is 26.8. The van der Waals surface area contributed by atoms with E-state index in [-0.39, 0.29) is 24.0 Å². The lowest BCUT2D eigenvalue weighted by Crippen LogP contribution is -2.48. The fraction of sp³-hybridized carbons (Fsp3) is 0.308. The van der Waals surface area contributed by atoms with Crippen LogP contribution in [0.3, 0.4) is 0 Å². The van der Waals surface area contributed by atoms with Crippen molar-refractivity contribution in [1.29, 1.82) is 0 Å². The number of benzene rings is 4. The van der Waals surface area contributed by atoms with Gasteiger partial charge in [-0.15, -0.1) is 0 Å². The third-order valence-corrected chi connectivity index (χ3v) is 9.39. The van der Waals surface area contributed by atoms with Crippen molar-refractivity contribution in [1.82, 2.24) is 10.2 Å². The molecular weight excluding hydrogens is 633 g/mol. The van der Waals surface area contributed by atoms with Crippen LogP contribution in [0.5, 0.6) is 11.5 Å². The van der Waals surface area contributed by atoms with Crippen molar-refractivity contribution in [3.63, 3.8) is 0 Å². The second-order valence-electron chi connectivity index (χ2n) is 12.7. The van der Waals surface area contributed by atoms with Gasteiger partial charge in [0.15, 0.2) is 0 Å². The molecule has 1 aliphatic heterocycles. The van der Waals surface area contributed by atoms with E-state index in [0.29, 0.717) is 36.3 Å². The first-order valence-electron chi connectivity index (χ1n) is 16.5. The summed E-state index contributed by atoms with van der Waals surface area (Å²) in [6.45, 7) is 0.311. The summed E-state index contributed by atoms with van der Waals surface area (Å²) in [5.41, 5.74) is 3.10. The van der Waals surface area contributed by atoms with Crippen molar-refractivity contribution in [2.75, 3.05) is 6.54 Å². The Kier molecular flexibility index (Phi) is 10.0. The fourth-order valence-electron chi connectivity index (χ4n) is 6.85. The average Bonchev–Trinajstić information content (AvgIpc) is 3.60. The molecule has 4 aromatic carbocycles. The monoisotopic (exact) mass is 670 g/mol. The summed E-state index contributed by atoms with van der Waals surface area (Å²) in [6.07, 6.45) is 0.00105. The van der Waals surface area contributed by atoms with Crippen LogP contribution in [0.1, 0.15) is 72.9 Å². The third-order valence-electron chi connectivity index (χ3n) is 9.39. The van der Waals surface area contributed by atoms with Crippen LogP contribution in [0, 0.1) is 5.92 Å². The summed E-state index contributed by atoms with van der Waals surface area (Å²) in [6, 6.07) is 24.6. The Morgan fingerprint density at radius 2 is 1.51 bits per heavy atom. The molecule has 10 heteroatoms. The number of amides is 2. The number of hydrogen-bond donors (Lipinski definition) is 2. The van der Waals surface area contributed by atoms with Gasteiger partial charge in [0.25, 0.3) is 0 Å². The zero-order valence-electron chi connectivity index (χ0n) is 26.8. The first-order chi connectivity index (χ1) is 23.5. The number of ether oxygens (including phenoxy) is 1. The molecule has 2 atom stereocenters. The minimum absolute atomic E-state index is 0.145. The number of halogens is 3. The van der Waals surface area contributed by atoms with Crippen LogP contribution in [-0.4, -0.2) is 34.3 Å². The molecule has 2 N–H and O–H groups in total. The molecule has 0 radical (unpaired) electrons. The molecule has 0 bridgehead atoms. The van der Waals surface area contributed by atoms with Crippen molar-refractivity contribution in [2.24, 2.45) is 5.92 Å². The standard InChI is InChI=1S/C39H37F3N2O5/c40-39(41,42)30-15-18-31(19-16-30)49-32-17-14-28-20-21-44(35(45)22-25-6-4-5-7-25)37(33(28)23-32)38(48)43-34(24-36(46)47)29-12-10-27(11-13-29)26-8-2-1-3-9-26/h1-3,8-19,23,25,34,37H,4-7,20-22,24H2,(H,43,48)(H,46,47). The molecule has 2 aliphatic rings.